The van der Waals surface area contributed by atoms with Crippen LogP contribution in [0.3, 0.4) is 0 Å². The van der Waals surface area contributed by atoms with Gasteiger partial charge in [-0.3, -0.25) is 4.99 Å². The van der Waals surface area contributed by atoms with Crippen molar-refractivity contribution in [2.24, 2.45) is 16.8 Å². The first-order valence-corrected chi connectivity index (χ1v) is 8.47. The molecule has 0 spiro atoms. The highest BCUT2D eigenvalue weighted by Gasteiger charge is 2.36. The van der Waals surface area contributed by atoms with Gasteiger partial charge in [-0.2, -0.15) is 0 Å². The van der Waals surface area contributed by atoms with Crippen LogP contribution in [-0.2, 0) is 4.74 Å². The number of ether oxygens (including phenoxy) is 1. The molecule has 1 saturated heterocycles. The van der Waals surface area contributed by atoms with E-state index < -0.39 is 0 Å². The Labute approximate surface area is 144 Å². The Hall–Kier alpha value is -2.10. The third-order valence-corrected chi connectivity index (χ3v) is 4.61. The average Bonchev–Trinajstić information content (AvgIpc) is 3.12. The van der Waals surface area contributed by atoms with Gasteiger partial charge in [0, 0.05) is 32.3 Å². The van der Waals surface area contributed by atoms with Crippen LogP contribution in [0.2, 0.25) is 0 Å². The number of rotatable bonds is 6. The summed E-state index contributed by atoms with van der Waals surface area (Å²) in [7, 11) is 1.78. The van der Waals surface area contributed by atoms with Crippen molar-refractivity contribution in [2.45, 2.75) is 26.2 Å². The summed E-state index contributed by atoms with van der Waals surface area (Å²) in [4.78, 5) is 6.72. The van der Waals surface area contributed by atoms with E-state index in [9.17, 15) is 4.39 Å². The molecule has 0 bridgehead atoms. The van der Waals surface area contributed by atoms with Crippen LogP contribution in [0.15, 0.2) is 65.9 Å². The van der Waals surface area contributed by atoms with Crippen molar-refractivity contribution in [3.05, 3.63) is 60.9 Å². The second-order valence-corrected chi connectivity index (χ2v) is 6.33. The minimum atomic E-state index is -0.330. The molecule has 2 unspecified atom stereocenters. The number of allylic oxidation sites excluding steroid dienone is 5. The lowest BCUT2D eigenvalue weighted by molar-refractivity contribution is 0.334. The minimum Gasteiger partial charge on any atom is -0.457 e. The molecule has 1 heterocycles. The summed E-state index contributed by atoms with van der Waals surface area (Å²) >= 11 is 0. The SMILES string of the molecule is C=C/C=C(\C=C(/C)F)O/C(C=C)=C/C(=NC)N1CC2CCCC2C1. The molecule has 3 nitrogen and oxygen atoms in total. The summed E-state index contributed by atoms with van der Waals surface area (Å²) in [6.45, 7) is 10.9. The fourth-order valence-corrected chi connectivity index (χ4v) is 3.54. The fourth-order valence-electron chi connectivity index (χ4n) is 3.54. The van der Waals surface area contributed by atoms with Crippen LogP contribution < -0.4 is 0 Å². The van der Waals surface area contributed by atoms with Gasteiger partial charge >= 0.3 is 0 Å². The summed E-state index contributed by atoms with van der Waals surface area (Å²) in [5.41, 5.74) is 0. The standard InChI is InChI=1S/C20H27FN2O/c1-5-8-19(11-15(3)21)24-18(6-2)12-20(22-4)23-13-16-9-7-10-17(16)14-23/h5-6,8,11-12,16-17H,1-2,7,9-10,13-14H2,3-4H3/b15-11+,18-12+,19-8+,22-20?. The number of amidine groups is 1. The average molecular weight is 330 g/mol. The molecule has 0 aromatic heterocycles. The Kier molecular flexibility index (Phi) is 6.59. The number of likely N-dealkylation sites (tertiary alicyclic amines) is 1. The predicted octanol–water partition coefficient (Wildman–Crippen LogP) is 4.78. The summed E-state index contributed by atoms with van der Waals surface area (Å²) in [6, 6.07) is 0. The van der Waals surface area contributed by atoms with E-state index in [4.69, 9.17) is 4.74 Å². The van der Waals surface area contributed by atoms with E-state index in [-0.39, 0.29) is 5.83 Å². The molecule has 4 heteroatoms. The molecule has 130 valence electrons. The van der Waals surface area contributed by atoms with E-state index in [1.54, 1.807) is 25.3 Å². The summed E-state index contributed by atoms with van der Waals surface area (Å²) in [5, 5.41) is 0. The number of halogens is 1. The zero-order valence-corrected chi connectivity index (χ0v) is 14.7. The van der Waals surface area contributed by atoms with Crippen LogP contribution in [0.4, 0.5) is 4.39 Å². The fraction of sp³-hybridized carbons (Fsp3) is 0.450. The maximum atomic E-state index is 13.2. The van der Waals surface area contributed by atoms with E-state index in [2.05, 4.69) is 23.1 Å². The van der Waals surface area contributed by atoms with Gasteiger partial charge in [-0.1, -0.05) is 25.7 Å². The van der Waals surface area contributed by atoms with Crippen molar-refractivity contribution in [1.29, 1.82) is 0 Å². The highest BCUT2D eigenvalue weighted by atomic mass is 19.1. The van der Waals surface area contributed by atoms with Crippen molar-refractivity contribution in [2.75, 3.05) is 20.1 Å². The highest BCUT2D eigenvalue weighted by Crippen LogP contribution is 2.37. The van der Waals surface area contributed by atoms with Gasteiger partial charge in [0.2, 0.25) is 0 Å². The molecule has 2 aliphatic rings. The van der Waals surface area contributed by atoms with E-state index in [0.717, 1.165) is 30.8 Å². The van der Waals surface area contributed by atoms with Gasteiger partial charge in [-0.05, 0) is 43.8 Å². The number of fused-ring (bicyclic) bond motifs is 1. The highest BCUT2D eigenvalue weighted by molar-refractivity contribution is 5.93. The van der Waals surface area contributed by atoms with Gasteiger partial charge in [-0.25, -0.2) is 4.39 Å². The maximum Gasteiger partial charge on any atom is 0.130 e. The van der Waals surface area contributed by atoms with Crippen molar-refractivity contribution in [3.8, 4) is 0 Å². The molecule has 0 aromatic rings. The first-order valence-electron chi connectivity index (χ1n) is 8.47. The van der Waals surface area contributed by atoms with Crippen molar-refractivity contribution in [1.82, 2.24) is 4.90 Å². The van der Waals surface area contributed by atoms with E-state index in [1.807, 2.05) is 6.08 Å². The Bertz CT molecular complexity index is 585. The Balaban J connectivity index is 2.12. The molecule has 2 fully saturated rings. The molecule has 2 rings (SSSR count). The van der Waals surface area contributed by atoms with Gasteiger partial charge in [0.15, 0.2) is 0 Å². The first kappa shape index (κ1) is 18.2. The molecule has 24 heavy (non-hydrogen) atoms. The zero-order chi connectivity index (χ0) is 17.5. The third-order valence-electron chi connectivity index (χ3n) is 4.61. The Morgan fingerprint density at radius 1 is 1.17 bits per heavy atom. The third kappa shape index (κ3) is 4.70. The van der Waals surface area contributed by atoms with Gasteiger partial charge in [0.25, 0.3) is 0 Å². The maximum absolute atomic E-state index is 13.2. The molecular weight excluding hydrogens is 303 g/mol. The predicted molar refractivity (Wildman–Crippen MR) is 98.3 cm³/mol. The summed E-state index contributed by atoms with van der Waals surface area (Å²) in [6.07, 6.45) is 12.0. The Morgan fingerprint density at radius 3 is 2.33 bits per heavy atom. The van der Waals surface area contributed by atoms with Crippen LogP contribution in [0.25, 0.3) is 0 Å². The largest absolute Gasteiger partial charge is 0.457 e. The van der Waals surface area contributed by atoms with Crippen molar-refractivity contribution < 1.29 is 9.13 Å². The van der Waals surface area contributed by atoms with Gasteiger partial charge in [0.1, 0.15) is 23.2 Å². The molecule has 0 aromatic carbocycles. The van der Waals surface area contributed by atoms with Crippen LogP contribution in [0.1, 0.15) is 26.2 Å². The van der Waals surface area contributed by atoms with E-state index in [0.29, 0.717) is 11.5 Å². The number of hydrogen-bond acceptors (Lipinski definition) is 2. The lowest BCUT2D eigenvalue weighted by atomic mass is 10.0. The van der Waals surface area contributed by atoms with Crippen molar-refractivity contribution >= 4 is 5.84 Å². The lowest BCUT2D eigenvalue weighted by Crippen LogP contribution is -2.28. The quantitative estimate of drug-likeness (QED) is 0.303. The molecule has 0 N–H and O–H groups in total. The van der Waals surface area contributed by atoms with Crippen LogP contribution in [0.5, 0.6) is 0 Å². The van der Waals surface area contributed by atoms with Crippen molar-refractivity contribution in [3.63, 3.8) is 0 Å². The molecule has 1 aliphatic heterocycles. The number of hydrogen-bond donors (Lipinski definition) is 0. The van der Waals surface area contributed by atoms with Gasteiger partial charge < -0.3 is 9.64 Å². The van der Waals surface area contributed by atoms with Crippen LogP contribution in [-0.4, -0.2) is 30.9 Å². The minimum absolute atomic E-state index is 0.330. The zero-order valence-electron chi connectivity index (χ0n) is 14.7. The molecule has 1 aliphatic carbocycles. The first-order chi connectivity index (χ1) is 11.6. The number of nitrogens with zero attached hydrogens (tertiary/aromatic N) is 2. The van der Waals surface area contributed by atoms with E-state index in [1.165, 1.54) is 32.3 Å². The summed E-state index contributed by atoms with van der Waals surface area (Å²) < 4.78 is 18.9. The van der Waals surface area contributed by atoms with Crippen LogP contribution in [0, 0.1) is 11.8 Å². The number of aliphatic imine (C=N–C) groups is 1. The van der Waals surface area contributed by atoms with Crippen LogP contribution >= 0.6 is 0 Å². The molecule has 2 atom stereocenters. The molecule has 0 radical (unpaired) electrons. The molecule has 1 saturated carbocycles. The lowest BCUT2D eigenvalue weighted by Gasteiger charge is -2.20. The van der Waals surface area contributed by atoms with Gasteiger partial charge in [-0.15, -0.1) is 0 Å². The smallest absolute Gasteiger partial charge is 0.130 e. The second-order valence-electron chi connectivity index (χ2n) is 6.33. The second kappa shape index (κ2) is 8.67. The van der Waals surface area contributed by atoms with Gasteiger partial charge in [0.05, 0.1) is 0 Å². The normalized spacial score (nSPS) is 25.7. The van der Waals surface area contributed by atoms with E-state index >= 15 is 0 Å². The topological polar surface area (TPSA) is 24.8 Å². The Morgan fingerprint density at radius 2 is 1.83 bits per heavy atom. The molecular formula is C20H27FN2O. The molecule has 0 amide bonds. The monoisotopic (exact) mass is 330 g/mol. The summed E-state index contributed by atoms with van der Waals surface area (Å²) in [5.74, 6) is 3.05.